The molecule has 29 heavy (non-hydrogen) atoms. The fourth-order valence-corrected chi connectivity index (χ4v) is 4.20. The van der Waals surface area contributed by atoms with Crippen LogP contribution in [-0.4, -0.2) is 27.2 Å². The van der Waals surface area contributed by atoms with Crippen LogP contribution in [-0.2, 0) is 4.79 Å². The van der Waals surface area contributed by atoms with Crippen LogP contribution in [0.2, 0.25) is 0 Å². The van der Waals surface area contributed by atoms with E-state index < -0.39 is 5.54 Å². The Bertz CT molecular complexity index is 1060. The van der Waals surface area contributed by atoms with Gasteiger partial charge in [0.25, 0.3) is 0 Å². The third-order valence-electron chi connectivity index (χ3n) is 5.00. The minimum Gasteiger partial charge on any atom is -0.340 e. The summed E-state index contributed by atoms with van der Waals surface area (Å²) >= 11 is 1.28. The fourth-order valence-electron chi connectivity index (χ4n) is 3.55. The van der Waals surface area contributed by atoms with Crippen molar-refractivity contribution in [3.8, 4) is 6.07 Å². The SMILES string of the molecule is N#CC1(NC(=O)CSc2nc(Nc3ccccc3)c3ccccc3n2)CCCC1. The van der Waals surface area contributed by atoms with E-state index in [1.165, 1.54) is 11.8 Å². The Hall–Kier alpha value is -3.11. The highest BCUT2D eigenvalue weighted by Crippen LogP contribution is 2.30. The van der Waals surface area contributed by atoms with Crippen molar-refractivity contribution < 1.29 is 4.79 Å². The Morgan fingerprint density at radius 1 is 1.07 bits per heavy atom. The van der Waals surface area contributed by atoms with Gasteiger partial charge in [-0.2, -0.15) is 5.26 Å². The first-order chi connectivity index (χ1) is 14.2. The number of carbonyl (C=O) groups excluding carboxylic acids is 1. The summed E-state index contributed by atoms with van der Waals surface area (Å²) in [4.78, 5) is 21.6. The van der Waals surface area contributed by atoms with E-state index >= 15 is 0 Å². The van der Waals surface area contributed by atoms with Crippen molar-refractivity contribution in [2.24, 2.45) is 0 Å². The molecule has 0 bridgehead atoms. The molecule has 2 N–H and O–H groups in total. The number of anilines is 2. The van der Waals surface area contributed by atoms with E-state index in [1.807, 2.05) is 54.6 Å². The zero-order chi connectivity index (χ0) is 20.1. The number of fused-ring (bicyclic) bond motifs is 1. The number of amides is 1. The lowest BCUT2D eigenvalue weighted by Crippen LogP contribution is -2.45. The highest BCUT2D eigenvalue weighted by atomic mass is 32.2. The van der Waals surface area contributed by atoms with E-state index in [1.54, 1.807) is 0 Å². The third kappa shape index (κ3) is 4.49. The van der Waals surface area contributed by atoms with E-state index in [0.29, 0.717) is 11.0 Å². The molecule has 0 aliphatic heterocycles. The van der Waals surface area contributed by atoms with Gasteiger partial charge in [-0.1, -0.05) is 42.1 Å². The van der Waals surface area contributed by atoms with Gasteiger partial charge < -0.3 is 10.6 Å². The molecule has 0 spiro atoms. The number of benzene rings is 2. The van der Waals surface area contributed by atoms with Gasteiger partial charge in [0.05, 0.1) is 17.3 Å². The van der Waals surface area contributed by atoms with Crippen molar-refractivity contribution in [3.63, 3.8) is 0 Å². The van der Waals surface area contributed by atoms with Crippen LogP contribution in [0.1, 0.15) is 25.7 Å². The first kappa shape index (κ1) is 19.2. The van der Waals surface area contributed by atoms with E-state index in [4.69, 9.17) is 0 Å². The Morgan fingerprint density at radius 2 is 1.79 bits per heavy atom. The molecule has 1 heterocycles. The fraction of sp³-hybridized carbons (Fsp3) is 0.273. The molecular formula is C22H21N5OS. The van der Waals surface area contributed by atoms with Crippen molar-refractivity contribution >= 4 is 40.1 Å². The van der Waals surface area contributed by atoms with Gasteiger partial charge in [0.1, 0.15) is 11.4 Å². The van der Waals surface area contributed by atoms with Crippen LogP contribution >= 0.6 is 11.8 Å². The van der Waals surface area contributed by atoms with Crippen molar-refractivity contribution in [2.45, 2.75) is 36.4 Å². The van der Waals surface area contributed by atoms with Gasteiger partial charge >= 0.3 is 0 Å². The number of hydrogen-bond donors (Lipinski definition) is 2. The van der Waals surface area contributed by atoms with Crippen LogP contribution in [0.3, 0.4) is 0 Å². The predicted molar refractivity (Wildman–Crippen MR) is 115 cm³/mol. The summed E-state index contributed by atoms with van der Waals surface area (Å²) in [5.41, 5.74) is 1.04. The van der Waals surface area contributed by atoms with Gasteiger partial charge in [-0.05, 0) is 49.9 Å². The monoisotopic (exact) mass is 403 g/mol. The van der Waals surface area contributed by atoms with Gasteiger partial charge in [-0.3, -0.25) is 4.79 Å². The number of rotatable bonds is 6. The third-order valence-corrected chi connectivity index (χ3v) is 5.85. The molecule has 1 aliphatic rings. The lowest BCUT2D eigenvalue weighted by atomic mass is 10.0. The van der Waals surface area contributed by atoms with Gasteiger partial charge in [0.15, 0.2) is 5.16 Å². The Kier molecular flexibility index (Phi) is 5.63. The number of aromatic nitrogens is 2. The maximum absolute atomic E-state index is 12.4. The highest BCUT2D eigenvalue weighted by Gasteiger charge is 2.35. The Morgan fingerprint density at radius 3 is 2.55 bits per heavy atom. The second-order valence-electron chi connectivity index (χ2n) is 7.10. The number of nitrogens with one attached hydrogen (secondary N) is 2. The van der Waals surface area contributed by atoms with Crippen molar-refractivity contribution in [3.05, 3.63) is 54.6 Å². The summed E-state index contributed by atoms with van der Waals surface area (Å²) < 4.78 is 0. The quantitative estimate of drug-likeness (QED) is 0.468. The minimum absolute atomic E-state index is 0.159. The maximum Gasteiger partial charge on any atom is 0.231 e. The molecular weight excluding hydrogens is 382 g/mol. The molecule has 1 amide bonds. The van der Waals surface area contributed by atoms with Crippen molar-refractivity contribution in [1.82, 2.24) is 15.3 Å². The summed E-state index contributed by atoms with van der Waals surface area (Å²) in [7, 11) is 0. The normalized spacial score (nSPS) is 15.0. The highest BCUT2D eigenvalue weighted by molar-refractivity contribution is 7.99. The van der Waals surface area contributed by atoms with E-state index in [9.17, 15) is 10.1 Å². The van der Waals surface area contributed by atoms with Crippen LogP contribution in [0, 0.1) is 11.3 Å². The molecule has 1 aromatic heterocycles. The largest absolute Gasteiger partial charge is 0.340 e. The predicted octanol–water partition coefficient (Wildman–Crippen LogP) is 4.42. The zero-order valence-electron chi connectivity index (χ0n) is 15.9. The van der Waals surface area contributed by atoms with E-state index in [0.717, 1.165) is 42.3 Å². The molecule has 0 unspecified atom stereocenters. The summed E-state index contributed by atoms with van der Waals surface area (Å²) in [6, 6.07) is 19.9. The Balaban J connectivity index is 1.51. The molecule has 0 radical (unpaired) electrons. The first-order valence-corrected chi connectivity index (χ1v) is 10.6. The minimum atomic E-state index is -0.706. The lowest BCUT2D eigenvalue weighted by Gasteiger charge is -2.21. The molecule has 6 nitrogen and oxygen atoms in total. The van der Waals surface area contributed by atoms with Gasteiger partial charge in [0, 0.05) is 11.1 Å². The van der Waals surface area contributed by atoms with E-state index in [-0.39, 0.29) is 11.7 Å². The average Bonchev–Trinajstić information content (AvgIpc) is 3.22. The van der Waals surface area contributed by atoms with Crippen molar-refractivity contribution in [2.75, 3.05) is 11.1 Å². The van der Waals surface area contributed by atoms with Crippen LogP contribution in [0.5, 0.6) is 0 Å². The smallest absolute Gasteiger partial charge is 0.231 e. The summed E-state index contributed by atoms with van der Waals surface area (Å²) in [5.74, 6) is 0.716. The van der Waals surface area contributed by atoms with E-state index in [2.05, 4.69) is 26.7 Å². The zero-order valence-corrected chi connectivity index (χ0v) is 16.7. The first-order valence-electron chi connectivity index (χ1n) is 9.61. The number of carbonyl (C=O) groups is 1. The summed E-state index contributed by atoms with van der Waals surface area (Å²) in [5, 5.41) is 17.1. The summed E-state index contributed by atoms with van der Waals surface area (Å²) in [6.07, 6.45) is 3.39. The second kappa shape index (κ2) is 8.50. The number of nitriles is 1. The van der Waals surface area contributed by atoms with Crippen LogP contribution in [0.15, 0.2) is 59.8 Å². The number of hydrogen-bond acceptors (Lipinski definition) is 6. The molecule has 1 aliphatic carbocycles. The standard InChI is InChI=1S/C22H21N5OS/c23-15-22(12-6-7-13-22)27-19(28)14-29-21-25-18-11-5-4-10-17(18)20(26-21)24-16-8-2-1-3-9-16/h1-5,8-11H,6-7,12-14H2,(H,27,28)(H,24,25,26). The maximum atomic E-state index is 12.4. The van der Waals surface area contributed by atoms with Crippen LogP contribution in [0.4, 0.5) is 11.5 Å². The molecule has 3 aromatic rings. The molecule has 1 fully saturated rings. The number of thioether (sulfide) groups is 1. The molecule has 7 heteroatoms. The molecule has 146 valence electrons. The molecule has 4 rings (SSSR count). The molecule has 0 saturated heterocycles. The van der Waals surface area contributed by atoms with Gasteiger partial charge in [0.2, 0.25) is 5.91 Å². The average molecular weight is 404 g/mol. The molecule has 0 atom stereocenters. The van der Waals surface area contributed by atoms with Gasteiger partial charge in [-0.15, -0.1) is 0 Å². The van der Waals surface area contributed by atoms with Crippen molar-refractivity contribution in [1.29, 1.82) is 5.26 Å². The number of nitrogens with zero attached hydrogens (tertiary/aromatic N) is 3. The second-order valence-corrected chi connectivity index (χ2v) is 8.04. The Labute approximate surface area is 173 Å². The van der Waals surface area contributed by atoms with Gasteiger partial charge in [-0.25, -0.2) is 9.97 Å². The summed E-state index contributed by atoms with van der Waals surface area (Å²) in [6.45, 7) is 0. The number of para-hydroxylation sites is 2. The topological polar surface area (TPSA) is 90.7 Å². The lowest BCUT2D eigenvalue weighted by molar-refractivity contribution is -0.119. The van der Waals surface area contributed by atoms with Crippen LogP contribution in [0.25, 0.3) is 10.9 Å². The molecule has 1 saturated carbocycles. The van der Waals surface area contributed by atoms with Crippen LogP contribution < -0.4 is 10.6 Å². The molecule has 2 aromatic carbocycles.